The van der Waals surface area contributed by atoms with Gasteiger partial charge in [0.1, 0.15) is 23.5 Å². The number of nitrogens with one attached hydrogen (secondary N) is 1. The second kappa shape index (κ2) is 6.41. The van der Waals surface area contributed by atoms with Gasteiger partial charge in [-0.15, -0.1) is 0 Å². The van der Waals surface area contributed by atoms with Gasteiger partial charge in [0, 0.05) is 32.4 Å². The number of aliphatic hydroxyl groups excluding tert-OH is 1. The summed E-state index contributed by atoms with van der Waals surface area (Å²) in [5.74, 6) is 0.424. The largest absolute Gasteiger partial charge is 0.393 e. The Morgan fingerprint density at radius 3 is 2.79 bits per heavy atom. The van der Waals surface area contributed by atoms with Crippen LogP contribution in [0.4, 0.5) is 10.2 Å². The molecule has 5 heterocycles. The number of aryl methyl sites for hydroxylation is 1. The fourth-order valence-corrected chi connectivity index (χ4v) is 3.69. The summed E-state index contributed by atoms with van der Waals surface area (Å²) in [6, 6.07) is 3.67. The molecular weight excluding hydrogens is 363 g/mol. The van der Waals surface area contributed by atoms with Crippen LogP contribution < -0.4 is 4.90 Å². The lowest BCUT2D eigenvalue weighted by atomic mass is 10.1. The highest BCUT2D eigenvalue weighted by Crippen LogP contribution is 2.31. The van der Waals surface area contributed by atoms with E-state index in [1.54, 1.807) is 19.6 Å². The number of aromatic amines is 1. The van der Waals surface area contributed by atoms with Gasteiger partial charge in [0.05, 0.1) is 23.7 Å². The number of aromatic nitrogens is 7. The van der Waals surface area contributed by atoms with Gasteiger partial charge in [-0.3, -0.25) is 14.2 Å². The van der Waals surface area contributed by atoms with E-state index < -0.39 is 5.82 Å². The smallest absolute Gasteiger partial charge is 0.170 e. The maximum Gasteiger partial charge on any atom is 0.170 e. The number of hydrogen-bond donors (Lipinski definition) is 2. The average molecular weight is 382 g/mol. The highest BCUT2D eigenvalue weighted by Gasteiger charge is 2.24. The summed E-state index contributed by atoms with van der Waals surface area (Å²) in [5.41, 5.74) is 2.77. The van der Waals surface area contributed by atoms with E-state index in [0.717, 1.165) is 11.5 Å². The van der Waals surface area contributed by atoms with Crippen molar-refractivity contribution in [2.24, 2.45) is 7.05 Å². The number of piperidine rings is 1. The predicted octanol–water partition coefficient (Wildman–Crippen LogP) is 1.62. The minimum absolute atomic E-state index is 0.286. The Hall–Kier alpha value is -3.27. The van der Waals surface area contributed by atoms with Crippen LogP contribution in [-0.4, -0.2) is 58.6 Å². The molecule has 144 valence electrons. The Kier molecular flexibility index (Phi) is 3.86. The van der Waals surface area contributed by atoms with Crippen molar-refractivity contribution in [3.63, 3.8) is 0 Å². The quantitative estimate of drug-likeness (QED) is 0.559. The fourth-order valence-electron chi connectivity index (χ4n) is 3.69. The standard InChI is InChI=1S/C18H19FN8O/c1-25-17(12(19)9-22-25)14-8-15(26-6-3-11(28)4-7-26)27-10-20-16(18(27)23-14)13-2-5-21-24-13/h2,5,8-11,28H,3-4,6-7H2,1H3,(H,21,24). The number of nitrogens with zero attached hydrogens (tertiary/aromatic N) is 7. The molecule has 0 radical (unpaired) electrons. The Bertz CT molecular complexity index is 1100. The average Bonchev–Trinajstić information content (AvgIpc) is 3.42. The van der Waals surface area contributed by atoms with Crippen LogP contribution in [0.2, 0.25) is 0 Å². The first kappa shape index (κ1) is 16.9. The van der Waals surface area contributed by atoms with Crippen molar-refractivity contribution in [3.05, 3.63) is 36.7 Å². The molecule has 0 unspecified atom stereocenters. The van der Waals surface area contributed by atoms with E-state index in [4.69, 9.17) is 4.98 Å². The van der Waals surface area contributed by atoms with E-state index in [0.29, 0.717) is 48.7 Å². The zero-order valence-electron chi connectivity index (χ0n) is 15.2. The molecule has 0 aromatic carbocycles. The molecule has 4 aromatic rings. The molecule has 0 bridgehead atoms. The van der Waals surface area contributed by atoms with Crippen molar-refractivity contribution >= 4 is 11.5 Å². The summed E-state index contributed by atoms with van der Waals surface area (Å²) < 4.78 is 17.8. The third kappa shape index (κ3) is 2.64. The van der Waals surface area contributed by atoms with Gasteiger partial charge < -0.3 is 10.0 Å². The molecule has 28 heavy (non-hydrogen) atoms. The van der Waals surface area contributed by atoms with E-state index >= 15 is 0 Å². The third-order valence-corrected chi connectivity index (χ3v) is 5.16. The topological polar surface area (TPSA) is 100 Å². The van der Waals surface area contributed by atoms with Crippen LogP contribution >= 0.6 is 0 Å². The maximum absolute atomic E-state index is 14.4. The highest BCUT2D eigenvalue weighted by atomic mass is 19.1. The first-order valence-corrected chi connectivity index (χ1v) is 9.10. The Labute approximate surface area is 159 Å². The number of fused-ring (bicyclic) bond motifs is 1. The SMILES string of the molecule is Cn1ncc(F)c1-c1cc(N2CCC(O)CC2)n2cnc(-c3ccn[nH]3)c2n1. The zero-order chi connectivity index (χ0) is 19.3. The highest BCUT2D eigenvalue weighted by molar-refractivity contribution is 5.76. The number of aliphatic hydroxyl groups is 1. The molecule has 0 spiro atoms. The Morgan fingerprint density at radius 2 is 2.11 bits per heavy atom. The van der Waals surface area contributed by atoms with Gasteiger partial charge in [-0.25, -0.2) is 14.4 Å². The normalized spacial score (nSPS) is 15.6. The van der Waals surface area contributed by atoms with Crippen molar-refractivity contribution in [3.8, 4) is 22.8 Å². The Morgan fingerprint density at radius 1 is 1.29 bits per heavy atom. The summed E-state index contributed by atoms with van der Waals surface area (Å²) in [6.07, 6.45) is 5.62. The molecular formula is C18H19FN8O. The lowest BCUT2D eigenvalue weighted by Gasteiger charge is -2.32. The first-order valence-electron chi connectivity index (χ1n) is 9.10. The molecule has 9 nitrogen and oxygen atoms in total. The van der Waals surface area contributed by atoms with Gasteiger partial charge in [0.15, 0.2) is 11.5 Å². The predicted molar refractivity (Wildman–Crippen MR) is 100 cm³/mol. The second-order valence-electron chi connectivity index (χ2n) is 6.94. The molecule has 2 N–H and O–H groups in total. The van der Waals surface area contributed by atoms with Crippen LogP contribution in [0.1, 0.15) is 12.8 Å². The second-order valence-corrected chi connectivity index (χ2v) is 6.94. The monoisotopic (exact) mass is 382 g/mol. The van der Waals surface area contributed by atoms with E-state index in [1.807, 2.05) is 16.5 Å². The van der Waals surface area contributed by atoms with Crippen LogP contribution in [0.15, 0.2) is 30.9 Å². The van der Waals surface area contributed by atoms with Crippen LogP contribution in [0.5, 0.6) is 0 Å². The molecule has 5 rings (SSSR count). The maximum atomic E-state index is 14.4. The number of hydrogen-bond acceptors (Lipinski definition) is 6. The summed E-state index contributed by atoms with van der Waals surface area (Å²) in [7, 11) is 1.69. The number of H-pyrrole nitrogens is 1. The van der Waals surface area contributed by atoms with Crippen LogP contribution in [0.3, 0.4) is 0 Å². The Balaban J connectivity index is 1.73. The zero-order valence-corrected chi connectivity index (χ0v) is 15.2. The van der Waals surface area contributed by atoms with E-state index in [-0.39, 0.29) is 6.10 Å². The van der Waals surface area contributed by atoms with Gasteiger partial charge in [0.2, 0.25) is 0 Å². The molecule has 0 atom stereocenters. The van der Waals surface area contributed by atoms with Crippen LogP contribution in [0.25, 0.3) is 28.4 Å². The molecule has 1 saturated heterocycles. The summed E-state index contributed by atoms with van der Waals surface area (Å²) in [5, 5.41) is 20.8. The molecule has 0 amide bonds. The third-order valence-electron chi connectivity index (χ3n) is 5.16. The molecule has 1 aliphatic rings. The van der Waals surface area contributed by atoms with Crippen molar-refractivity contribution < 1.29 is 9.50 Å². The number of halogens is 1. The first-order chi connectivity index (χ1) is 13.6. The summed E-state index contributed by atoms with van der Waals surface area (Å²) >= 11 is 0. The fraction of sp³-hybridized carbons (Fsp3) is 0.333. The van der Waals surface area contributed by atoms with Gasteiger partial charge in [0.25, 0.3) is 0 Å². The molecule has 0 aliphatic carbocycles. The van der Waals surface area contributed by atoms with Gasteiger partial charge >= 0.3 is 0 Å². The van der Waals surface area contributed by atoms with Crippen molar-refractivity contribution in [1.82, 2.24) is 34.3 Å². The minimum Gasteiger partial charge on any atom is -0.393 e. The van der Waals surface area contributed by atoms with Crippen molar-refractivity contribution in [2.45, 2.75) is 18.9 Å². The molecule has 1 fully saturated rings. The number of rotatable bonds is 3. The molecule has 1 aliphatic heterocycles. The van der Waals surface area contributed by atoms with Gasteiger partial charge in [-0.1, -0.05) is 0 Å². The molecule has 10 heteroatoms. The lowest BCUT2D eigenvalue weighted by molar-refractivity contribution is 0.145. The van der Waals surface area contributed by atoms with Gasteiger partial charge in [-0.05, 0) is 18.9 Å². The minimum atomic E-state index is -0.429. The van der Waals surface area contributed by atoms with E-state index in [1.165, 1.54) is 10.9 Å². The number of anilines is 1. The van der Waals surface area contributed by atoms with Crippen molar-refractivity contribution in [1.29, 1.82) is 0 Å². The molecule has 4 aromatic heterocycles. The molecule has 0 saturated carbocycles. The van der Waals surface area contributed by atoms with Gasteiger partial charge in [-0.2, -0.15) is 10.2 Å². The van der Waals surface area contributed by atoms with E-state index in [2.05, 4.69) is 25.2 Å². The van der Waals surface area contributed by atoms with Crippen LogP contribution in [0, 0.1) is 5.82 Å². The van der Waals surface area contributed by atoms with Crippen LogP contribution in [-0.2, 0) is 7.05 Å². The summed E-state index contributed by atoms with van der Waals surface area (Å²) in [6.45, 7) is 1.40. The van der Waals surface area contributed by atoms with E-state index in [9.17, 15) is 9.50 Å². The lowest BCUT2D eigenvalue weighted by Crippen LogP contribution is -2.36. The van der Waals surface area contributed by atoms with Crippen molar-refractivity contribution in [2.75, 3.05) is 18.0 Å². The number of imidazole rings is 1. The summed E-state index contributed by atoms with van der Waals surface area (Å²) in [4.78, 5) is 11.4.